The van der Waals surface area contributed by atoms with E-state index in [4.69, 9.17) is 0 Å². The number of nitro benzene ring substituents is 1. The Morgan fingerprint density at radius 3 is 2.44 bits per heavy atom. The third kappa shape index (κ3) is 3.92. The molecule has 18 heavy (non-hydrogen) atoms. The molecule has 0 atom stereocenters. The number of hydrogen-bond donors (Lipinski definition) is 0. The van der Waals surface area contributed by atoms with Gasteiger partial charge >= 0.3 is 12.5 Å². The molecule has 0 unspecified atom stereocenters. The number of carbonyl (C=O) groups is 1. The van der Waals surface area contributed by atoms with Crippen molar-refractivity contribution < 1.29 is 32.4 Å². The Bertz CT molecular complexity index is 486. The van der Waals surface area contributed by atoms with E-state index in [-0.39, 0.29) is 17.0 Å². The summed E-state index contributed by atoms with van der Waals surface area (Å²) in [5.41, 5.74) is -0.146. The van der Waals surface area contributed by atoms with Gasteiger partial charge in [-0.15, -0.1) is 13.2 Å². The lowest BCUT2D eigenvalue weighted by molar-refractivity contribution is -0.384. The van der Waals surface area contributed by atoms with E-state index in [2.05, 4.69) is 9.47 Å². The van der Waals surface area contributed by atoms with Gasteiger partial charge in [-0.3, -0.25) is 10.1 Å². The summed E-state index contributed by atoms with van der Waals surface area (Å²) >= 11 is 0. The molecule has 0 aliphatic heterocycles. The molecule has 0 saturated heterocycles. The van der Waals surface area contributed by atoms with Crippen LogP contribution in [0.5, 0.6) is 5.75 Å². The predicted octanol–water partition coefficient (Wildman–Crippen LogP) is 2.94. The fourth-order valence-electron chi connectivity index (χ4n) is 1.07. The number of nitro groups is 1. The average molecular weight is 265 g/mol. The minimum Gasteiger partial charge on any atom is -0.395 e. The molecular formula is C9H6F3NO5. The van der Waals surface area contributed by atoms with Crippen molar-refractivity contribution in [3.05, 3.63) is 33.9 Å². The maximum Gasteiger partial charge on any atom is 0.577 e. The molecule has 0 aliphatic carbocycles. The molecule has 0 fully saturated rings. The molecule has 0 aliphatic rings. The second-order valence-electron chi connectivity index (χ2n) is 3.11. The number of benzene rings is 1. The maximum absolute atomic E-state index is 11.7. The van der Waals surface area contributed by atoms with Gasteiger partial charge < -0.3 is 9.47 Å². The number of ether oxygens (including phenoxy) is 2. The van der Waals surface area contributed by atoms with Gasteiger partial charge in [-0.05, 0) is 18.6 Å². The van der Waals surface area contributed by atoms with Crippen LogP contribution in [0.25, 0.3) is 0 Å². The van der Waals surface area contributed by atoms with Gasteiger partial charge in [0.05, 0.1) is 4.92 Å². The van der Waals surface area contributed by atoms with Gasteiger partial charge in [-0.2, -0.15) is 0 Å². The van der Waals surface area contributed by atoms with Crippen LogP contribution >= 0.6 is 0 Å². The second-order valence-corrected chi connectivity index (χ2v) is 3.11. The zero-order valence-electron chi connectivity index (χ0n) is 8.85. The molecule has 0 bridgehead atoms. The zero-order valence-corrected chi connectivity index (χ0v) is 8.85. The summed E-state index contributed by atoms with van der Waals surface area (Å²) < 4.78 is 42.2. The van der Waals surface area contributed by atoms with Crippen molar-refractivity contribution in [1.29, 1.82) is 0 Å². The number of non-ortho nitro benzene ring substituents is 1. The number of nitrogens with zero attached hydrogens (tertiary/aromatic N) is 1. The van der Waals surface area contributed by atoms with Gasteiger partial charge in [0.2, 0.25) is 0 Å². The van der Waals surface area contributed by atoms with E-state index in [9.17, 15) is 28.1 Å². The van der Waals surface area contributed by atoms with Crippen LogP contribution in [0.2, 0.25) is 0 Å². The van der Waals surface area contributed by atoms with Crippen LogP contribution in [-0.2, 0) is 4.74 Å². The SMILES string of the molecule is Cc1cc([N+](=O)[O-])ccc1OC(=O)OC(F)(F)F. The first-order valence-electron chi connectivity index (χ1n) is 4.41. The van der Waals surface area contributed by atoms with E-state index in [1.807, 2.05) is 0 Å². The first kappa shape index (κ1) is 13.7. The van der Waals surface area contributed by atoms with Gasteiger partial charge in [-0.1, -0.05) is 0 Å². The Hall–Kier alpha value is -2.32. The summed E-state index contributed by atoms with van der Waals surface area (Å²) in [6, 6.07) is 3.05. The number of rotatable bonds is 2. The van der Waals surface area contributed by atoms with Crippen LogP contribution in [0.1, 0.15) is 5.56 Å². The van der Waals surface area contributed by atoms with Crippen LogP contribution in [0, 0.1) is 17.0 Å². The highest BCUT2D eigenvalue weighted by atomic mass is 19.4. The molecule has 6 nitrogen and oxygen atoms in total. The summed E-state index contributed by atoms with van der Waals surface area (Å²) in [5, 5.41) is 10.4. The lowest BCUT2D eigenvalue weighted by Gasteiger charge is -2.09. The van der Waals surface area contributed by atoms with E-state index >= 15 is 0 Å². The van der Waals surface area contributed by atoms with Crippen molar-refractivity contribution in [3.8, 4) is 5.75 Å². The van der Waals surface area contributed by atoms with Crippen molar-refractivity contribution in [2.45, 2.75) is 13.3 Å². The number of halogens is 3. The Kier molecular flexibility index (Phi) is 3.74. The second kappa shape index (κ2) is 4.90. The van der Waals surface area contributed by atoms with Crippen molar-refractivity contribution in [3.63, 3.8) is 0 Å². The third-order valence-electron chi connectivity index (χ3n) is 1.76. The highest BCUT2D eigenvalue weighted by Gasteiger charge is 2.35. The molecule has 0 saturated carbocycles. The predicted molar refractivity (Wildman–Crippen MR) is 51.0 cm³/mol. The molecule has 0 N–H and O–H groups in total. The van der Waals surface area contributed by atoms with E-state index in [0.717, 1.165) is 18.2 Å². The summed E-state index contributed by atoms with van der Waals surface area (Å²) in [7, 11) is 0. The summed E-state index contributed by atoms with van der Waals surface area (Å²) in [4.78, 5) is 20.4. The number of alkyl halides is 3. The van der Waals surface area contributed by atoms with Crippen LogP contribution in [0.15, 0.2) is 18.2 Å². The molecule has 0 heterocycles. The fourth-order valence-corrected chi connectivity index (χ4v) is 1.07. The molecule has 98 valence electrons. The van der Waals surface area contributed by atoms with Crippen molar-refractivity contribution in [2.75, 3.05) is 0 Å². The smallest absolute Gasteiger partial charge is 0.395 e. The monoisotopic (exact) mass is 265 g/mol. The molecule has 0 aromatic heterocycles. The Labute approximate surface area is 98.1 Å². The summed E-state index contributed by atoms with van der Waals surface area (Å²) in [6.07, 6.45) is -7.11. The quantitative estimate of drug-likeness (QED) is 0.355. The fraction of sp³-hybridized carbons (Fsp3) is 0.222. The number of aryl methyl sites for hydroxylation is 1. The van der Waals surface area contributed by atoms with E-state index in [1.165, 1.54) is 6.92 Å². The zero-order chi connectivity index (χ0) is 13.9. The first-order valence-corrected chi connectivity index (χ1v) is 4.41. The van der Waals surface area contributed by atoms with Crippen molar-refractivity contribution in [1.82, 2.24) is 0 Å². The van der Waals surface area contributed by atoms with E-state index < -0.39 is 17.4 Å². The Morgan fingerprint density at radius 1 is 1.39 bits per heavy atom. The van der Waals surface area contributed by atoms with Crippen LogP contribution in [0.4, 0.5) is 23.7 Å². The largest absolute Gasteiger partial charge is 0.577 e. The number of hydrogen-bond acceptors (Lipinski definition) is 5. The number of carbonyl (C=O) groups excluding carboxylic acids is 1. The molecule has 0 radical (unpaired) electrons. The van der Waals surface area contributed by atoms with Gasteiger partial charge in [0, 0.05) is 12.1 Å². The molecule has 1 aromatic rings. The standard InChI is InChI=1S/C9H6F3NO5/c1-5-4-6(13(15)16)2-3-7(5)17-8(14)18-9(10,11)12/h2-4H,1H3. The topological polar surface area (TPSA) is 78.7 Å². The van der Waals surface area contributed by atoms with E-state index in [0.29, 0.717) is 0 Å². The van der Waals surface area contributed by atoms with Gasteiger partial charge in [0.25, 0.3) is 5.69 Å². The molecule has 1 rings (SSSR count). The molecule has 0 amide bonds. The lowest BCUT2D eigenvalue weighted by Crippen LogP contribution is -2.22. The minimum atomic E-state index is -5.15. The van der Waals surface area contributed by atoms with Gasteiger partial charge in [-0.25, -0.2) is 4.79 Å². The third-order valence-corrected chi connectivity index (χ3v) is 1.76. The first-order chi connectivity index (χ1) is 8.19. The molecule has 0 spiro atoms. The van der Waals surface area contributed by atoms with Crippen LogP contribution in [0.3, 0.4) is 0 Å². The minimum absolute atomic E-state index is 0.128. The lowest BCUT2D eigenvalue weighted by atomic mass is 10.2. The van der Waals surface area contributed by atoms with Crippen molar-refractivity contribution in [2.24, 2.45) is 0 Å². The van der Waals surface area contributed by atoms with Crippen LogP contribution < -0.4 is 4.74 Å². The molecular weight excluding hydrogens is 259 g/mol. The van der Waals surface area contributed by atoms with Crippen molar-refractivity contribution >= 4 is 11.8 Å². The van der Waals surface area contributed by atoms with E-state index in [1.54, 1.807) is 0 Å². The molecule has 1 aromatic carbocycles. The molecule has 9 heteroatoms. The highest BCUT2D eigenvalue weighted by molar-refractivity contribution is 5.65. The average Bonchev–Trinajstić information content (AvgIpc) is 2.17. The highest BCUT2D eigenvalue weighted by Crippen LogP contribution is 2.25. The normalized spacial score (nSPS) is 10.9. The Morgan fingerprint density at radius 2 is 2.00 bits per heavy atom. The van der Waals surface area contributed by atoms with Gasteiger partial charge in [0.15, 0.2) is 0 Å². The Balaban J connectivity index is 2.80. The maximum atomic E-state index is 11.7. The summed E-state index contributed by atoms with van der Waals surface area (Å²) in [6.45, 7) is 1.34. The van der Waals surface area contributed by atoms with Gasteiger partial charge in [0.1, 0.15) is 5.75 Å². The summed E-state index contributed by atoms with van der Waals surface area (Å²) in [5.74, 6) is -0.255. The van der Waals surface area contributed by atoms with Crippen LogP contribution in [-0.4, -0.2) is 17.4 Å².